The molecule has 2 aromatic rings. The molecular formula is C11H8ClN3O2. The highest BCUT2D eigenvalue weighted by atomic mass is 35.5. The Kier molecular flexibility index (Phi) is 2.09. The van der Waals surface area contributed by atoms with Gasteiger partial charge in [0.05, 0.1) is 28.9 Å². The number of nitrogens with zero attached hydrogens (tertiary/aromatic N) is 1. The van der Waals surface area contributed by atoms with Crippen molar-refractivity contribution in [2.45, 2.75) is 6.42 Å². The summed E-state index contributed by atoms with van der Waals surface area (Å²) in [5.74, 6) is 0.177. The van der Waals surface area contributed by atoms with Crippen molar-refractivity contribution in [1.82, 2.24) is 5.16 Å². The largest absolute Gasteiger partial charge is 0.367 e. The van der Waals surface area contributed by atoms with Crippen LogP contribution in [-0.4, -0.2) is 11.1 Å². The van der Waals surface area contributed by atoms with E-state index in [2.05, 4.69) is 10.5 Å². The van der Waals surface area contributed by atoms with Crippen molar-refractivity contribution in [3.05, 3.63) is 28.9 Å². The van der Waals surface area contributed by atoms with E-state index in [1.807, 2.05) is 6.07 Å². The molecule has 5 nitrogen and oxygen atoms in total. The zero-order valence-electron chi connectivity index (χ0n) is 8.66. The molecule has 1 aromatic carbocycles. The number of carbonyl (C=O) groups is 1. The third-order valence-corrected chi connectivity index (χ3v) is 2.99. The van der Waals surface area contributed by atoms with Gasteiger partial charge >= 0.3 is 0 Å². The average Bonchev–Trinajstić information content (AvgIpc) is 2.83. The summed E-state index contributed by atoms with van der Waals surface area (Å²) < 4.78 is 4.80. The lowest BCUT2D eigenvalue weighted by Gasteiger charge is -2.05. The summed E-state index contributed by atoms with van der Waals surface area (Å²) >= 11 is 6.10. The highest BCUT2D eigenvalue weighted by Gasteiger charge is 2.22. The van der Waals surface area contributed by atoms with E-state index in [-0.39, 0.29) is 11.8 Å². The van der Waals surface area contributed by atoms with Gasteiger partial charge in [0, 0.05) is 0 Å². The van der Waals surface area contributed by atoms with Crippen LogP contribution in [-0.2, 0) is 11.2 Å². The lowest BCUT2D eigenvalue weighted by atomic mass is 10.0. The number of fused-ring (bicyclic) bond motifs is 1. The number of nitrogens with two attached hydrogens (primary N) is 1. The molecule has 1 amide bonds. The molecule has 0 aliphatic carbocycles. The second-order valence-electron chi connectivity index (χ2n) is 3.82. The Bertz CT molecular complexity index is 621. The number of benzene rings is 1. The molecule has 3 N–H and O–H groups in total. The molecule has 1 aromatic heterocycles. The summed E-state index contributed by atoms with van der Waals surface area (Å²) in [5, 5.41) is 6.81. The fourth-order valence-corrected chi connectivity index (χ4v) is 2.21. The van der Waals surface area contributed by atoms with Crippen molar-refractivity contribution >= 4 is 29.1 Å². The van der Waals surface area contributed by atoms with E-state index in [4.69, 9.17) is 21.9 Å². The Morgan fingerprint density at radius 2 is 2.29 bits per heavy atom. The zero-order chi connectivity index (χ0) is 12.0. The molecule has 86 valence electrons. The third-order valence-electron chi connectivity index (χ3n) is 2.70. The van der Waals surface area contributed by atoms with E-state index in [9.17, 15) is 4.79 Å². The number of hydrogen-bond donors (Lipinski definition) is 2. The van der Waals surface area contributed by atoms with E-state index >= 15 is 0 Å². The van der Waals surface area contributed by atoms with E-state index in [1.165, 1.54) is 6.20 Å². The van der Waals surface area contributed by atoms with Crippen LogP contribution in [0.1, 0.15) is 5.56 Å². The number of anilines is 2. The molecule has 2 heterocycles. The van der Waals surface area contributed by atoms with Crippen molar-refractivity contribution in [1.29, 1.82) is 0 Å². The molecule has 0 bridgehead atoms. The lowest BCUT2D eigenvalue weighted by Crippen LogP contribution is -2.03. The Hall–Kier alpha value is -2.01. The van der Waals surface area contributed by atoms with Gasteiger partial charge in [0.1, 0.15) is 0 Å². The Balaban J connectivity index is 2.16. The van der Waals surface area contributed by atoms with Crippen molar-refractivity contribution in [2.75, 3.05) is 11.1 Å². The minimum atomic E-state index is -0.0580. The number of hydrogen-bond acceptors (Lipinski definition) is 4. The van der Waals surface area contributed by atoms with Crippen LogP contribution in [0.3, 0.4) is 0 Å². The second kappa shape index (κ2) is 3.49. The number of nitrogen functional groups attached to an aromatic ring is 1. The summed E-state index contributed by atoms with van der Waals surface area (Å²) in [6, 6.07) is 3.59. The number of nitrogens with one attached hydrogen (secondary N) is 1. The molecule has 0 spiro atoms. The van der Waals surface area contributed by atoms with Gasteiger partial charge in [0.15, 0.2) is 0 Å². The molecule has 0 atom stereocenters. The van der Waals surface area contributed by atoms with Crippen LogP contribution in [0.25, 0.3) is 11.1 Å². The van der Waals surface area contributed by atoms with Gasteiger partial charge in [-0.2, -0.15) is 0 Å². The highest BCUT2D eigenvalue weighted by Crippen LogP contribution is 2.37. The van der Waals surface area contributed by atoms with Crippen LogP contribution in [0, 0.1) is 0 Å². The maximum Gasteiger partial charge on any atom is 0.229 e. The van der Waals surface area contributed by atoms with Crippen LogP contribution < -0.4 is 11.1 Å². The van der Waals surface area contributed by atoms with E-state index < -0.39 is 0 Å². The summed E-state index contributed by atoms with van der Waals surface area (Å²) in [6.45, 7) is 0. The lowest BCUT2D eigenvalue weighted by molar-refractivity contribution is -0.115. The first-order chi connectivity index (χ1) is 8.15. The van der Waals surface area contributed by atoms with Gasteiger partial charge in [-0.15, -0.1) is 0 Å². The molecule has 0 fully saturated rings. The molecule has 0 unspecified atom stereocenters. The highest BCUT2D eigenvalue weighted by molar-refractivity contribution is 6.34. The predicted octanol–water partition coefficient (Wildman–Crippen LogP) is 2.07. The van der Waals surface area contributed by atoms with Gasteiger partial charge in [-0.25, -0.2) is 0 Å². The molecule has 6 heteroatoms. The van der Waals surface area contributed by atoms with Crippen molar-refractivity contribution in [2.24, 2.45) is 0 Å². The third kappa shape index (κ3) is 1.55. The predicted molar refractivity (Wildman–Crippen MR) is 63.7 cm³/mol. The SMILES string of the molecule is Nc1oncc1-c1cc(Cl)c2c(c1)CC(=O)N2. The Morgan fingerprint density at radius 1 is 1.47 bits per heavy atom. The van der Waals surface area contributed by atoms with E-state index in [0.29, 0.717) is 22.7 Å². The second-order valence-corrected chi connectivity index (χ2v) is 4.23. The van der Waals surface area contributed by atoms with Gasteiger partial charge in [-0.1, -0.05) is 16.8 Å². The molecule has 0 saturated carbocycles. The summed E-state index contributed by atoms with van der Waals surface area (Å²) in [4.78, 5) is 11.3. The van der Waals surface area contributed by atoms with Crippen LogP contribution in [0.4, 0.5) is 11.6 Å². The molecule has 1 aliphatic heterocycles. The normalized spacial score (nSPS) is 13.6. The molecular weight excluding hydrogens is 242 g/mol. The van der Waals surface area contributed by atoms with Crippen molar-refractivity contribution < 1.29 is 9.32 Å². The first kappa shape index (κ1) is 10.2. The van der Waals surface area contributed by atoms with E-state index in [0.717, 1.165) is 11.1 Å². The molecule has 1 aliphatic rings. The first-order valence-electron chi connectivity index (χ1n) is 4.98. The summed E-state index contributed by atoms with van der Waals surface area (Å²) in [5.41, 5.74) is 8.65. The van der Waals surface area contributed by atoms with Gasteiger partial charge in [0.2, 0.25) is 11.8 Å². The maximum atomic E-state index is 11.3. The van der Waals surface area contributed by atoms with Crippen LogP contribution in [0.5, 0.6) is 0 Å². The smallest absolute Gasteiger partial charge is 0.229 e. The monoisotopic (exact) mass is 249 g/mol. The van der Waals surface area contributed by atoms with Gasteiger partial charge in [-0.3, -0.25) is 4.79 Å². The molecule has 0 saturated heterocycles. The molecule has 0 radical (unpaired) electrons. The van der Waals surface area contributed by atoms with Crippen LogP contribution >= 0.6 is 11.6 Å². The maximum absolute atomic E-state index is 11.3. The standard InChI is InChI=1S/C11H8ClN3O2/c12-8-2-5(7-4-14-17-11(7)13)1-6-3-9(16)15-10(6)8/h1-2,4H,3,13H2,(H,15,16). The quantitative estimate of drug-likeness (QED) is 0.811. The molecule has 17 heavy (non-hydrogen) atoms. The first-order valence-corrected chi connectivity index (χ1v) is 5.36. The zero-order valence-corrected chi connectivity index (χ0v) is 9.41. The number of carbonyl (C=O) groups excluding carboxylic acids is 1. The topological polar surface area (TPSA) is 81.2 Å². The minimum absolute atomic E-state index is 0.0580. The van der Waals surface area contributed by atoms with Crippen LogP contribution in [0.15, 0.2) is 22.9 Å². The van der Waals surface area contributed by atoms with Gasteiger partial charge < -0.3 is 15.6 Å². The Labute approximate surface area is 102 Å². The van der Waals surface area contributed by atoms with Crippen molar-refractivity contribution in [3.63, 3.8) is 0 Å². The fraction of sp³-hybridized carbons (Fsp3) is 0.0909. The van der Waals surface area contributed by atoms with E-state index in [1.54, 1.807) is 6.07 Å². The van der Waals surface area contributed by atoms with Gasteiger partial charge in [0.25, 0.3) is 0 Å². The fourth-order valence-electron chi connectivity index (χ4n) is 1.92. The average molecular weight is 250 g/mol. The number of amides is 1. The minimum Gasteiger partial charge on any atom is -0.367 e. The molecule has 3 rings (SSSR count). The van der Waals surface area contributed by atoms with Crippen LogP contribution in [0.2, 0.25) is 5.02 Å². The number of aromatic nitrogens is 1. The number of halogens is 1. The van der Waals surface area contributed by atoms with Gasteiger partial charge in [-0.05, 0) is 23.3 Å². The summed E-state index contributed by atoms with van der Waals surface area (Å²) in [7, 11) is 0. The summed E-state index contributed by atoms with van der Waals surface area (Å²) in [6.07, 6.45) is 1.85. The number of rotatable bonds is 1. The Morgan fingerprint density at radius 3 is 3.00 bits per heavy atom. The van der Waals surface area contributed by atoms with Crippen molar-refractivity contribution in [3.8, 4) is 11.1 Å².